The van der Waals surface area contributed by atoms with Crippen LogP contribution in [0.5, 0.6) is 17.2 Å². The first-order chi connectivity index (χ1) is 14.0. The van der Waals surface area contributed by atoms with E-state index < -0.39 is 0 Å². The van der Waals surface area contributed by atoms with Crippen molar-refractivity contribution < 1.29 is 23.9 Å². The first kappa shape index (κ1) is 19.8. The maximum Gasteiger partial charge on any atom is 0.231 e. The Bertz CT molecular complexity index is 904. The molecule has 0 saturated carbocycles. The fourth-order valence-corrected chi connectivity index (χ4v) is 4.50. The molecule has 2 atom stereocenters. The average Bonchev–Trinajstić information content (AvgIpc) is 3.16. The number of benzene rings is 2. The quantitative estimate of drug-likeness (QED) is 0.763. The van der Waals surface area contributed by atoms with Gasteiger partial charge in [0.05, 0.1) is 32.7 Å². The van der Waals surface area contributed by atoms with Gasteiger partial charge in [0.15, 0.2) is 17.3 Å². The molecule has 0 spiro atoms. The van der Waals surface area contributed by atoms with Crippen LogP contribution in [0, 0.1) is 5.92 Å². The second-order valence-corrected chi connectivity index (χ2v) is 8.54. The van der Waals surface area contributed by atoms with Crippen LogP contribution in [0.2, 0.25) is 0 Å². The maximum absolute atomic E-state index is 13.1. The van der Waals surface area contributed by atoms with Gasteiger partial charge < -0.3 is 19.1 Å². The van der Waals surface area contributed by atoms with Gasteiger partial charge in [0.2, 0.25) is 12.5 Å². The van der Waals surface area contributed by atoms with E-state index in [1.807, 2.05) is 12.1 Å². The van der Waals surface area contributed by atoms with Gasteiger partial charge in [-0.1, -0.05) is 38.1 Å². The van der Waals surface area contributed by atoms with Crippen molar-refractivity contribution in [2.45, 2.75) is 39.2 Å². The van der Waals surface area contributed by atoms with Gasteiger partial charge in [-0.15, -0.1) is 0 Å². The number of nitrogens with one attached hydrogen (secondary N) is 1. The van der Waals surface area contributed by atoms with E-state index in [9.17, 15) is 4.79 Å². The Balaban J connectivity index is 1.62. The van der Waals surface area contributed by atoms with Crippen LogP contribution < -0.4 is 19.1 Å². The summed E-state index contributed by atoms with van der Waals surface area (Å²) < 4.78 is 17.0. The highest BCUT2D eigenvalue weighted by atomic mass is 16.7. The van der Waals surface area contributed by atoms with Gasteiger partial charge in [-0.3, -0.25) is 4.79 Å². The van der Waals surface area contributed by atoms with E-state index in [1.165, 1.54) is 16.0 Å². The van der Waals surface area contributed by atoms with E-state index in [-0.39, 0.29) is 18.6 Å². The van der Waals surface area contributed by atoms with Crippen LogP contribution in [-0.4, -0.2) is 33.3 Å². The Morgan fingerprint density at radius 2 is 2.00 bits per heavy atom. The van der Waals surface area contributed by atoms with Crippen molar-refractivity contribution >= 4 is 5.78 Å². The summed E-state index contributed by atoms with van der Waals surface area (Å²) in [6, 6.07) is 10.2. The molecule has 2 aliphatic rings. The second kappa shape index (κ2) is 8.07. The Labute approximate surface area is 172 Å². The number of quaternary nitrogens is 1. The summed E-state index contributed by atoms with van der Waals surface area (Å²) >= 11 is 0. The smallest absolute Gasteiger partial charge is 0.231 e. The molecule has 4 rings (SSSR count). The van der Waals surface area contributed by atoms with Crippen molar-refractivity contribution in [3.8, 4) is 17.2 Å². The predicted molar refractivity (Wildman–Crippen MR) is 111 cm³/mol. The zero-order valence-electron chi connectivity index (χ0n) is 17.7. The molecule has 5 heteroatoms. The number of methoxy groups -OCH3 is 1. The third-order valence-corrected chi connectivity index (χ3v) is 5.99. The van der Waals surface area contributed by atoms with Crippen LogP contribution in [0.25, 0.3) is 0 Å². The summed E-state index contributed by atoms with van der Waals surface area (Å²) in [5, 5.41) is 0. The molecule has 0 fully saturated rings. The van der Waals surface area contributed by atoms with E-state index >= 15 is 0 Å². The summed E-state index contributed by atoms with van der Waals surface area (Å²) in [4.78, 5) is 14.4. The van der Waals surface area contributed by atoms with E-state index in [0.29, 0.717) is 18.1 Å². The molecular weight excluding hydrogens is 366 g/mol. The maximum atomic E-state index is 13.1. The first-order valence-electron chi connectivity index (χ1n) is 10.4. The van der Waals surface area contributed by atoms with Gasteiger partial charge in [0.1, 0.15) is 6.04 Å². The number of rotatable bonds is 6. The number of hydrogen-bond donors (Lipinski definition) is 1. The number of carbonyl (C=O) groups excluding carboxylic acids is 1. The summed E-state index contributed by atoms with van der Waals surface area (Å²) in [6.45, 7) is 5.60. The number of Topliss-reactive ketones (excluding diaryl/α,β-unsaturated/α-hetero) is 1. The third-order valence-electron chi connectivity index (χ3n) is 5.99. The van der Waals surface area contributed by atoms with Gasteiger partial charge in [-0.05, 0) is 29.5 Å². The zero-order chi connectivity index (χ0) is 20.5. The van der Waals surface area contributed by atoms with Crippen LogP contribution >= 0.6 is 0 Å². The third kappa shape index (κ3) is 3.84. The number of fused-ring (bicyclic) bond motifs is 2. The molecule has 0 saturated heterocycles. The SMILES string of the molecule is COc1c2c(cc3c1[C@H](CC(=O)c1ccc(CC(C)C)cc1)[NH+](C)CC3)OCO2. The lowest BCUT2D eigenvalue weighted by Gasteiger charge is -2.32. The molecule has 29 heavy (non-hydrogen) atoms. The molecule has 0 aliphatic carbocycles. The van der Waals surface area contributed by atoms with Crippen LogP contribution in [0.3, 0.4) is 0 Å². The Kier molecular flexibility index (Phi) is 5.50. The highest BCUT2D eigenvalue weighted by Crippen LogP contribution is 2.47. The van der Waals surface area contributed by atoms with Crippen LogP contribution in [0.4, 0.5) is 0 Å². The number of ether oxygens (including phenoxy) is 3. The molecule has 2 aromatic rings. The first-order valence-corrected chi connectivity index (χ1v) is 10.4. The van der Waals surface area contributed by atoms with Crippen LogP contribution in [0.1, 0.15) is 53.4 Å². The minimum atomic E-state index is 0.0334. The lowest BCUT2D eigenvalue weighted by Crippen LogP contribution is -3.10. The van der Waals surface area contributed by atoms with E-state index in [2.05, 4.69) is 39.1 Å². The molecule has 0 amide bonds. The fraction of sp³-hybridized carbons (Fsp3) is 0.458. The Morgan fingerprint density at radius 3 is 2.69 bits per heavy atom. The highest BCUT2D eigenvalue weighted by molar-refractivity contribution is 5.96. The molecule has 2 aromatic carbocycles. The van der Waals surface area contributed by atoms with Crippen molar-refractivity contribution in [2.75, 3.05) is 27.5 Å². The van der Waals surface area contributed by atoms with Crippen molar-refractivity contribution in [1.29, 1.82) is 0 Å². The monoisotopic (exact) mass is 396 g/mol. The highest BCUT2D eigenvalue weighted by Gasteiger charge is 2.37. The molecule has 5 nitrogen and oxygen atoms in total. The number of ketones is 1. The lowest BCUT2D eigenvalue weighted by molar-refractivity contribution is -0.913. The molecule has 0 bridgehead atoms. The number of carbonyl (C=O) groups is 1. The standard InChI is InChI=1S/C24H29NO4/c1-15(2)11-16-5-7-17(8-6-16)20(26)13-19-22-18(9-10-25(19)3)12-21-23(24(22)27-4)29-14-28-21/h5-8,12,15,19H,9-11,13-14H2,1-4H3/p+1/t19-/m0/s1. The summed E-state index contributed by atoms with van der Waals surface area (Å²) in [5.74, 6) is 2.90. The average molecular weight is 397 g/mol. The molecule has 154 valence electrons. The molecule has 2 heterocycles. The number of hydrogen-bond acceptors (Lipinski definition) is 4. The minimum Gasteiger partial charge on any atom is -0.492 e. The fourth-order valence-electron chi connectivity index (χ4n) is 4.50. The second-order valence-electron chi connectivity index (χ2n) is 8.54. The summed E-state index contributed by atoms with van der Waals surface area (Å²) in [7, 11) is 3.81. The van der Waals surface area contributed by atoms with Crippen molar-refractivity contribution in [1.82, 2.24) is 0 Å². The van der Waals surface area contributed by atoms with Gasteiger partial charge in [0.25, 0.3) is 0 Å². The van der Waals surface area contributed by atoms with Gasteiger partial charge in [-0.25, -0.2) is 0 Å². The van der Waals surface area contributed by atoms with Gasteiger partial charge >= 0.3 is 0 Å². The van der Waals surface area contributed by atoms with Crippen LogP contribution in [-0.2, 0) is 12.8 Å². The largest absolute Gasteiger partial charge is 0.492 e. The van der Waals surface area contributed by atoms with Gasteiger partial charge in [0, 0.05) is 12.0 Å². The molecule has 2 aliphatic heterocycles. The molecular formula is C24H30NO4+. The summed E-state index contributed by atoms with van der Waals surface area (Å²) in [6.07, 6.45) is 2.41. The summed E-state index contributed by atoms with van der Waals surface area (Å²) in [5.41, 5.74) is 4.33. The van der Waals surface area contributed by atoms with E-state index in [1.54, 1.807) is 7.11 Å². The molecule has 1 unspecified atom stereocenters. The molecule has 1 N–H and O–H groups in total. The lowest BCUT2D eigenvalue weighted by atomic mass is 9.87. The van der Waals surface area contributed by atoms with Crippen molar-refractivity contribution in [3.05, 3.63) is 52.6 Å². The normalized spacial score (nSPS) is 19.9. The van der Waals surface area contributed by atoms with Crippen molar-refractivity contribution in [2.24, 2.45) is 5.92 Å². The topological polar surface area (TPSA) is 49.2 Å². The minimum absolute atomic E-state index is 0.0334. The Hall–Kier alpha value is -2.53. The molecule has 0 radical (unpaired) electrons. The zero-order valence-corrected chi connectivity index (χ0v) is 17.7. The number of likely N-dealkylation sites (N-methyl/N-ethyl adjacent to an activating group) is 1. The van der Waals surface area contributed by atoms with Crippen molar-refractivity contribution in [3.63, 3.8) is 0 Å². The van der Waals surface area contributed by atoms with E-state index in [4.69, 9.17) is 14.2 Å². The molecule has 0 aromatic heterocycles. The predicted octanol–water partition coefficient (Wildman–Crippen LogP) is 3.01. The van der Waals surface area contributed by atoms with Gasteiger partial charge in [-0.2, -0.15) is 0 Å². The van der Waals surface area contributed by atoms with E-state index in [0.717, 1.165) is 42.0 Å². The van der Waals surface area contributed by atoms with Crippen LogP contribution in [0.15, 0.2) is 30.3 Å². The Morgan fingerprint density at radius 1 is 1.24 bits per heavy atom.